The Kier molecular flexibility index (Phi) is 3.36. The highest BCUT2D eigenvalue weighted by Crippen LogP contribution is 2.41. The van der Waals surface area contributed by atoms with E-state index < -0.39 is 17.6 Å². The summed E-state index contributed by atoms with van der Waals surface area (Å²) in [4.78, 5) is 23.8. The molecule has 5 nitrogen and oxygen atoms in total. The third-order valence-electron chi connectivity index (χ3n) is 3.76. The van der Waals surface area contributed by atoms with Gasteiger partial charge in [0.25, 0.3) is 0 Å². The van der Waals surface area contributed by atoms with Gasteiger partial charge in [0.15, 0.2) is 5.78 Å². The number of hydrogen-bond acceptors (Lipinski definition) is 4. The number of nitriles is 1. The van der Waals surface area contributed by atoms with Gasteiger partial charge in [-0.25, -0.2) is 0 Å². The first-order chi connectivity index (χ1) is 9.28. The molecule has 1 amide bonds. The lowest BCUT2D eigenvalue weighted by atomic mass is 9.68. The van der Waals surface area contributed by atoms with Crippen LogP contribution in [-0.4, -0.2) is 22.9 Å². The van der Waals surface area contributed by atoms with E-state index >= 15 is 0 Å². The number of nitrogens with one attached hydrogen (secondary N) is 1. The minimum absolute atomic E-state index is 0.189. The van der Waals surface area contributed by atoms with Crippen LogP contribution in [0.25, 0.3) is 0 Å². The van der Waals surface area contributed by atoms with E-state index in [0.717, 1.165) is 0 Å². The Labute approximate surface area is 117 Å². The van der Waals surface area contributed by atoms with Crippen LogP contribution in [-0.2, 0) is 4.79 Å². The zero-order valence-corrected chi connectivity index (χ0v) is 11.6. The highest BCUT2D eigenvalue weighted by atomic mass is 16.3. The molecule has 2 unspecified atom stereocenters. The van der Waals surface area contributed by atoms with Crippen LogP contribution in [0.15, 0.2) is 18.2 Å². The molecule has 0 spiro atoms. The maximum absolute atomic E-state index is 12.4. The second-order valence-electron chi connectivity index (χ2n) is 5.59. The van der Waals surface area contributed by atoms with Crippen molar-refractivity contribution in [3.63, 3.8) is 0 Å². The molecule has 0 aliphatic heterocycles. The van der Waals surface area contributed by atoms with Gasteiger partial charge in [-0.2, -0.15) is 5.26 Å². The first-order valence-corrected chi connectivity index (χ1v) is 6.33. The smallest absolute Gasteiger partial charge is 0.217 e. The van der Waals surface area contributed by atoms with Crippen LogP contribution < -0.4 is 5.32 Å². The summed E-state index contributed by atoms with van der Waals surface area (Å²) in [5, 5.41) is 22.0. The normalized spacial score (nSPS) is 23.6. The topological polar surface area (TPSA) is 90.2 Å². The van der Waals surface area contributed by atoms with Crippen LogP contribution in [0.5, 0.6) is 0 Å². The van der Waals surface area contributed by atoms with Crippen LogP contribution >= 0.6 is 0 Å². The summed E-state index contributed by atoms with van der Waals surface area (Å²) in [5.74, 6) is -0.487. The van der Waals surface area contributed by atoms with Gasteiger partial charge < -0.3 is 10.4 Å². The second kappa shape index (κ2) is 4.73. The molecule has 2 N–H and O–H groups in total. The van der Waals surface area contributed by atoms with Gasteiger partial charge in [-0.05, 0) is 37.6 Å². The van der Waals surface area contributed by atoms with Crippen molar-refractivity contribution in [1.29, 1.82) is 5.26 Å². The van der Waals surface area contributed by atoms with E-state index in [1.807, 2.05) is 6.07 Å². The first-order valence-electron chi connectivity index (χ1n) is 6.33. The summed E-state index contributed by atoms with van der Waals surface area (Å²) < 4.78 is 0. The predicted octanol–water partition coefficient (Wildman–Crippen LogP) is 1.32. The zero-order chi connectivity index (χ0) is 15.1. The Morgan fingerprint density at radius 1 is 1.45 bits per heavy atom. The fraction of sp³-hybridized carbons (Fsp3) is 0.400. The Morgan fingerprint density at radius 3 is 2.65 bits per heavy atom. The lowest BCUT2D eigenvalue weighted by Crippen LogP contribution is -2.51. The van der Waals surface area contributed by atoms with Gasteiger partial charge in [-0.15, -0.1) is 0 Å². The van der Waals surface area contributed by atoms with Crippen LogP contribution in [0.2, 0.25) is 0 Å². The summed E-state index contributed by atoms with van der Waals surface area (Å²) in [6.07, 6.45) is -1.04. The van der Waals surface area contributed by atoms with Gasteiger partial charge in [-0.1, -0.05) is 0 Å². The standard InChI is InChI=1S/C15H16N2O3/c1-8(18)17-12-11-6-9(7-16)4-5-10(11)13(19)15(2,3)14(12)20/h4-6,12,14,20H,1-3H3,(H,17,18). The average molecular weight is 272 g/mol. The number of carbonyl (C=O) groups excluding carboxylic acids is 2. The molecule has 1 aliphatic carbocycles. The van der Waals surface area contributed by atoms with E-state index in [-0.39, 0.29) is 11.7 Å². The molecular weight excluding hydrogens is 256 g/mol. The summed E-state index contributed by atoms with van der Waals surface area (Å²) >= 11 is 0. The minimum Gasteiger partial charge on any atom is -0.390 e. The SMILES string of the molecule is CC(=O)NC1c2cc(C#N)ccc2C(=O)C(C)(C)C1O. The molecule has 2 rings (SSSR count). The molecule has 1 aromatic rings. The van der Waals surface area contributed by atoms with E-state index in [1.54, 1.807) is 32.0 Å². The largest absolute Gasteiger partial charge is 0.390 e. The number of aliphatic hydroxyl groups is 1. The number of aliphatic hydroxyl groups excluding tert-OH is 1. The molecule has 0 aromatic heterocycles. The van der Waals surface area contributed by atoms with Crippen LogP contribution in [0.4, 0.5) is 0 Å². The Bertz CT molecular complexity index is 628. The molecule has 0 radical (unpaired) electrons. The number of nitrogens with zero attached hydrogens (tertiary/aromatic N) is 1. The summed E-state index contributed by atoms with van der Waals surface area (Å²) in [7, 11) is 0. The van der Waals surface area contributed by atoms with Crippen molar-refractivity contribution in [2.24, 2.45) is 5.41 Å². The van der Waals surface area contributed by atoms with Crippen LogP contribution in [0.1, 0.15) is 48.3 Å². The fourth-order valence-corrected chi connectivity index (χ4v) is 2.54. The number of fused-ring (bicyclic) bond motifs is 1. The molecular formula is C15H16N2O3. The number of Topliss-reactive ketones (excluding diaryl/α,β-unsaturated/α-hetero) is 1. The maximum Gasteiger partial charge on any atom is 0.217 e. The fourth-order valence-electron chi connectivity index (χ4n) is 2.54. The van der Waals surface area contributed by atoms with Crippen LogP contribution in [0.3, 0.4) is 0 Å². The Balaban J connectivity index is 2.64. The van der Waals surface area contributed by atoms with Crippen molar-refractivity contribution in [1.82, 2.24) is 5.32 Å². The molecule has 0 bridgehead atoms. The van der Waals surface area contributed by atoms with Gasteiger partial charge in [-0.3, -0.25) is 9.59 Å². The Hall–Kier alpha value is -2.19. The quantitative estimate of drug-likeness (QED) is 0.806. The molecule has 0 saturated carbocycles. The third kappa shape index (κ3) is 2.08. The molecule has 0 saturated heterocycles. The van der Waals surface area contributed by atoms with Crippen molar-refractivity contribution < 1.29 is 14.7 Å². The van der Waals surface area contributed by atoms with Crippen molar-refractivity contribution in [2.75, 3.05) is 0 Å². The summed E-state index contributed by atoms with van der Waals surface area (Å²) in [6.45, 7) is 4.65. The van der Waals surface area contributed by atoms with Crippen molar-refractivity contribution >= 4 is 11.7 Å². The zero-order valence-electron chi connectivity index (χ0n) is 11.6. The van der Waals surface area contributed by atoms with E-state index in [1.165, 1.54) is 6.92 Å². The predicted molar refractivity (Wildman–Crippen MR) is 71.8 cm³/mol. The van der Waals surface area contributed by atoms with Gasteiger partial charge in [0.1, 0.15) is 0 Å². The summed E-state index contributed by atoms with van der Waals surface area (Å²) in [6, 6.07) is 6.00. The number of ketones is 1. The van der Waals surface area contributed by atoms with Crippen molar-refractivity contribution in [3.8, 4) is 6.07 Å². The Morgan fingerprint density at radius 2 is 2.10 bits per heavy atom. The number of carbonyl (C=O) groups is 2. The lowest BCUT2D eigenvalue weighted by molar-refractivity contribution is -0.121. The summed E-state index contributed by atoms with van der Waals surface area (Å²) in [5.41, 5.74) is 0.335. The number of benzene rings is 1. The van der Waals surface area contributed by atoms with E-state index in [4.69, 9.17) is 5.26 Å². The average Bonchev–Trinajstić information content (AvgIpc) is 2.41. The molecule has 20 heavy (non-hydrogen) atoms. The highest BCUT2D eigenvalue weighted by molar-refractivity contribution is 6.03. The van der Waals surface area contributed by atoms with Crippen LogP contribution in [0, 0.1) is 16.7 Å². The second-order valence-corrected chi connectivity index (χ2v) is 5.59. The molecule has 2 atom stereocenters. The molecule has 1 aromatic carbocycles. The van der Waals surface area contributed by atoms with Crippen molar-refractivity contribution in [2.45, 2.75) is 32.9 Å². The van der Waals surface area contributed by atoms with Gasteiger partial charge in [0.05, 0.1) is 29.2 Å². The number of rotatable bonds is 1. The number of amides is 1. The van der Waals surface area contributed by atoms with E-state index in [0.29, 0.717) is 16.7 Å². The van der Waals surface area contributed by atoms with E-state index in [9.17, 15) is 14.7 Å². The first kappa shape index (κ1) is 14.2. The van der Waals surface area contributed by atoms with E-state index in [2.05, 4.69) is 5.32 Å². The van der Waals surface area contributed by atoms with Gasteiger partial charge in [0.2, 0.25) is 5.91 Å². The van der Waals surface area contributed by atoms with Gasteiger partial charge in [0, 0.05) is 12.5 Å². The van der Waals surface area contributed by atoms with Crippen molar-refractivity contribution in [3.05, 3.63) is 34.9 Å². The number of hydrogen-bond donors (Lipinski definition) is 2. The molecule has 0 fully saturated rings. The molecule has 1 aliphatic rings. The maximum atomic E-state index is 12.4. The lowest BCUT2D eigenvalue weighted by Gasteiger charge is -2.40. The highest BCUT2D eigenvalue weighted by Gasteiger charge is 2.47. The monoisotopic (exact) mass is 272 g/mol. The minimum atomic E-state index is -1.04. The third-order valence-corrected chi connectivity index (χ3v) is 3.76. The molecule has 104 valence electrons. The molecule has 5 heteroatoms. The van der Waals surface area contributed by atoms with Gasteiger partial charge >= 0.3 is 0 Å². The molecule has 0 heterocycles.